The van der Waals surface area contributed by atoms with Crippen LogP contribution in [0.5, 0.6) is 5.75 Å². The summed E-state index contributed by atoms with van der Waals surface area (Å²) in [5.74, 6) is 1.01. The van der Waals surface area contributed by atoms with Gasteiger partial charge in [-0.25, -0.2) is 0 Å². The first kappa shape index (κ1) is 12.3. The summed E-state index contributed by atoms with van der Waals surface area (Å²) in [7, 11) is 0. The zero-order valence-electron chi connectivity index (χ0n) is 8.61. The number of halogens is 1. The van der Waals surface area contributed by atoms with Crippen molar-refractivity contribution in [3.8, 4) is 5.75 Å². The molecule has 0 aromatic heterocycles. The summed E-state index contributed by atoms with van der Waals surface area (Å²) in [6.07, 6.45) is 1.83. The van der Waals surface area contributed by atoms with E-state index in [1.54, 1.807) is 0 Å². The molecule has 0 saturated heterocycles. The van der Waals surface area contributed by atoms with E-state index in [1.165, 1.54) is 11.1 Å². The van der Waals surface area contributed by atoms with Crippen molar-refractivity contribution in [3.05, 3.63) is 29.3 Å². The average Bonchev–Trinajstić information content (AvgIpc) is 2.64. The molecule has 1 heterocycles. The molecule has 0 unspecified atom stereocenters. The Kier molecular flexibility index (Phi) is 4.39. The highest BCUT2D eigenvalue weighted by Crippen LogP contribution is 2.28. The molecule has 0 spiro atoms. The third-order valence-electron chi connectivity index (χ3n) is 2.62. The topological polar surface area (TPSA) is 61.3 Å². The molecule has 0 fully saturated rings. The Morgan fingerprint density at radius 1 is 1.40 bits per heavy atom. The summed E-state index contributed by atoms with van der Waals surface area (Å²) in [6, 6.07) is 6.24. The molecule has 1 aliphatic heterocycles. The number of nitrogens with two attached hydrogens (primary N) is 2. The molecule has 0 bridgehead atoms. The molecule has 3 nitrogen and oxygen atoms in total. The van der Waals surface area contributed by atoms with Crippen molar-refractivity contribution in [3.63, 3.8) is 0 Å². The molecule has 2 rings (SSSR count). The summed E-state index contributed by atoms with van der Waals surface area (Å²) in [5, 5.41) is 0. The van der Waals surface area contributed by atoms with Crippen LogP contribution in [0.2, 0.25) is 0 Å². The number of hydrogen-bond acceptors (Lipinski definition) is 3. The van der Waals surface area contributed by atoms with Gasteiger partial charge in [-0.1, -0.05) is 12.1 Å². The third-order valence-corrected chi connectivity index (χ3v) is 2.62. The van der Waals surface area contributed by atoms with E-state index in [0.29, 0.717) is 6.54 Å². The quantitative estimate of drug-likeness (QED) is 0.822. The normalized spacial score (nSPS) is 15.1. The monoisotopic (exact) mass is 228 g/mol. The second kappa shape index (κ2) is 5.35. The van der Waals surface area contributed by atoms with Crippen LogP contribution in [0.15, 0.2) is 18.2 Å². The van der Waals surface area contributed by atoms with Crippen molar-refractivity contribution >= 4 is 12.4 Å². The molecule has 0 radical (unpaired) electrons. The minimum atomic E-state index is 0. The van der Waals surface area contributed by atoms with E-state index in [9.17, 15) is 0 Å². The molecule has 1 atom stereocenters. The maximum Gasteiger partial charge on any atom is 0.122 e. The fourth-order valence-electron chi connectivity index (χ4n) is 1.78. The Morgan fingerprint density at radius 3 is 2.93 bits per heavy atom. The van der Waals surface area contributed by atoms with Crippen LogP contribution >= 0.6 is 12.4 Å². The lowest BCUT2D eigenvalue weighted by molar-refractivity contribution is 0.357. The van der Waals surface area contributed by atoms with Crippen LogP contribution in [0.25, 0.3) is 0 Å². The highest BCUT2D eigenvalue weighted by molar-refractivity contribution is 5.85. The van der Waals surface area contributed by atoms with Crippen molar-refractivity contribution < 1.29 is 4.74 Å². The van der Waals surface area contributed by atoms with Crippen molar-refractivity contribution in [1.82, 2.24) is 0 Å². The Bertz CT molecular complexity index is 330. The maximum atomic E-state index is 5.98. The molecule has 84 valence electrons. The summed E-state index contributed by atoms with van der Waals surface area (Å²) in [4.78, 5) is 0. The zero-order chi connectivity index (χ0) is 9.97. The zero-order valence-corrected chi connectivity index (χ0v) is 9.43. The Hall–Kier alpha value is -0.770. The van der Waals surface area contributed by atoms with Crippen LogP contribution < -0.4 is 16.2 Å². The Labute approximate surface area is 96.2 Å². The first-order chi connectivity index (χ1) is 6.81. The van der Waals surface area contributed by atoms with Crippen LogP contribution in [0.1, 0.15) is 23.6 Å². The van der Waals surface area contributed by atoms with Crippen LogP contribution in [-0.2, 0) is 6.42 Å². The number of hydrogen-bond donors (Lipinski definition) is 2. The maximum absolute atomic E-state index is 5.98. The van der Waals surface area contributed by atoms with Gasteiger partial charge in [0.25, 0.3) is 0 Å². The van der Waals surface area contributed by atoms with Crippen LogP contribution in [-0.4, -0.2) is 13.2 Å². The minimum absolute atomic E-state index is 0. The largest absolute Gasteiger partial charge is 0.493 e. The molecule has 1 aromatic rings. The van der Waals surface area contributed by atoms with Gasteiger partial charge in [0.2, 0.25) is 0 Å². The van der Waals surface area contributed by atoms with Crippen LogP contribution in [0.3, 0.4) is 0 Å². The molecule has 0 amide bonds. The fourth-order valence-corrected chi connectivity index (χ4v) is 1.78. The number of rotatable bonds is 3. The summed E-state index contributed by atoms with van der Waals surface area (Å²) < 4.78 is 5.43. The smallest absolute Gasteiger partial charge is 0.122 e. The van der Waals surface area contributed by atoms with Crippen molar-refractivity contribution in [2.24, 2.45) is 11.5 Å². The molecule has 0 saturated carbocycles. The second-order valence-corrected chi connectivity index (χ2v) is 3.65. The first-order valence-corrected chi connectivity index (χ1v) is 5.02. The van der Waals surface area contributed by atoms with Gasteiger partial charge >= 0.3 is 0 Å². The molecule has 4 heteroatoms. The predicted octanol–water partition coefficient (Wildman–Crippen LogP) is 1.39. The van der Waals surface area contributed by atoms with Gasteiger partial charge in [0.1, 0.15) is 5.75 Å². The van der Waals surface area contributed by atoms with Gasteiger partial charge in [0.05, 0.1) is 6.61 Å². The van der Waals surface area contributed by atoms with E-state index in [2.05, 4.69) is 6.07 Å². The molecule has 15 heavy (non-hydrogen) atoms. The van der Waals surface area contributed by atoms with Crippen molar-refractivity contribution in [2.75, 3.05) is 13.2 Å². The third kappa shape index (κ3) is 2.62. The second-order valence-electron chi connectivity index (χ2n) is 3.65. The van der Waals surface area contributed by atoms with E-state index in [1.807, 2.05) is 12.1 Å². The molecule has 1 aliphatic rings. The summed E-state index contributed by atoms with van der Waals surface area (Å²) in [6.45, 7) is 1.43. The molecule has 1 aromatic carbocycles. The van der Waals surface area contributed by atoms with Gasteiger partial charge in [-0.05, 0) is 30.2 Å². The Morgan fingerprint density at radius 2 is 2.20 bits per heavy atom. The highest BCUT2D eigenvalue weighted by atomic mass is 35.5. The van der Waals surface area contributed by atoms with E-state index in [-0.39, 0.29) is 18.4 Å². The van der Waals surface area contributed by atoms with E-state index in [0.717, 1.165) is 25.2 Å². The Balaban J connectivity index is 0.00000112. The van der Waals surface area contributed by atoms with E-state index < -0.39 is 0 Å². The van der Waals surface area contributed by atoms with Crippen molar-refractivity contribution in [1.29, 1.82) is 0 Å². The van der Waals surface area contributed by atoms with Crippen LogP contribution in [0, 0.1) is 0 Å². The summed E-state index contributed by atoms with van der Waals surface area (Å²) >= 11 is 0. The SMILES string of the molecule is Cl.NCC[C@H](N)c1ccc2c(c1)CCO2. The number of ether oxygens (including phenoxy) is 1. The molecular weight excluding hydrogens is 212 g/mol. The van der Waals surface area contributed by atoms with Gasteiger partial charge < -0.3 is 16.2 Å². The minimum Gasteiger partial charge on any atom is -0.493 e. The fraction of sp³-hybridized carbons (Fsp3) is 0.455. The van der Waals surface area contributed by atoms with Gasteiger partial charge in [0.15, 0.2) is 0 Å². The van der Waals surface area contributed by atoms with E-state index in [4.69, 9.17) is 16.2 Å². The van der Waals surface area contributed by atoms with E-state index >= 15 is 0 Å². The lowest BCUT2D eigenvalue weighted by Crippen LogP contribution is -2.15. The number of fused-ring (bicyclic) bond motifs is 1. The standard InChI is InChI=1S/C11H16N2O.ClH/c12-5-3-10(13)8-1-2-11-9(7-8)4-6-14-11;/h1-2,7,10H,3-6,12-13H2;1H/t10-;/m0./s1. The molecule has 4 N–H and O–H groups in total. The lowest BCUT2D eigenvalue weighted by Gasteiger charge is -2.11. The van der Waals surface area contributed by atoms with Crippen molar-refractivity contribution in [2.45, 2.75) is 18.9 Å². The van der Waals surface area contributed by atoms with Gasteiger partial charge in [0, 0.05) is 12.5 Å². The molecule has 0 aliphatic carbocycles. The molecular formula is C11H17ClN2O. The van der Waals surface area contributed by atoms with Gasteiger partial charge in [-0.2, -0.15) is 0 Å². The van der Waals surface area contributed by atoms with Gasteiger partial charge in [-0.15, -0.1) is 12.4 Å². The summed E-state index contributed by atoms with van der Waals surface area (Å²) in [5.41, 5.74) is 13.9. The van der Waals surface area contributed by atoms with Crippen LogP contribution in [0.4, 0.5) is 0 Å². The van der Waals surface area contributed by atoms with Gasteiger partial charge in [-0.3, -0.25) is 0 Å². The number of benzene rings is 1. The lowest BCUT2D eigenvalue weighted by atomic mass is 10.0. The predicted molar refractivity (Wildman–Crippen MR) is 63.5 cm³/mol. The average molecular weight is 229 g/mol. The first-order valence-electron chi connectivity index (χ1n) is 5.02. The highest BCUT2D eigenvalue weighted by Gasteiger charge is 2.14.